The third-order valence-electron chi connectivity index (χ3n) is 3.34. The Bertz CT molecular complexity index is 581. The first-order valence-electron chi connectivity index (χ1n) is 7.61. The van der Waals surface area contributed by atoms with Crippen LogP contribution in [0.3, 0.4) is 0 Å². The molecule has 0 spiro atoms. The average molecular weight is 336 g/mol. The normalized spacial score (nSPS) is 16.4. The summed E-state index contributed by atoms with van der Waals surface area (Å²) in [4.78, 5) is 33.6. The summed E-state index contributed by atoms with van der Waals surface area (Å²) in [6.07, 6.45) is 2.15. The van der Waals surface area contributed by atoms with Gasteiger partial charge in [-0.25, -0.2) is 4.79 Å². The van der Waals surface area contributed by atoms with E-state index in [0.29, 0.717) is 17.9 Å². The molecule has 1 aromatic rings. The van der Waals surface area contributed by atoms with Crippen molar-refractivity contribution in [2.75, 3.05) is 26.4 Å². The Kier molecular flexibility index (Phi) is 6.56. The Morgan fingerprint density at radius 1 is 1.25 bits per heavy atom. The summed E-state index contributed by atoms with van der Waals surface area (Å²) >= 11 is 0. The summed E-state index contributed by atoms with van der Waals surface area (Å²) in [5.74, 6) is -1.29. The molecule has 130 valence electrons. The monoisotopic (exact) mass is 336 g/mol. The second-order valence-corrected chi connectivity index (χ2v) is 5.29. The van der Waals surface area contributed by atoms with Crippen LogP contribution in [0.4, 0.5) is 0 Å². The maximum absolute atomic E-state index is 11.8. The van der Waals surface area contributed by atoms with Crippen LogP contribution in [-0.2, 0) is 19.1 Å². The Hall–Kier alpha value is -2.61. The molecule has 1 aliphatic rings. The summed E-state index contributed by atoms with van der Waals surface area (Å²) in [7, 11) is 0. The number of benzene rings is 1. The first-order chi connectivity index (χ1) is 11.5. The highest BCUT2D eigenvalue weighted by Crippen LogP contribution is 2.17. The Balaban J connectivity index is 1.73. The molecular formula is C16H20N2O6. The second-order valence-electron chi connectivity index (χ2n) is 5.29. The minimum absolute atomic E-state index is 0.119. The molecule has 1 atom stereocenters. The first-order valence-corrected chi connectivity index (χ1v) is 7.61. The van der Waals surface area contributed by atoms with Gasteiger partial charge in [-0.1, -0.05) is 0 Å². The number of nitrogens with one attached hydrogen (secondary N) is 1. The second kappa shape index (κ2) is 8.88. The van der Waals surface area contributed by atoms with Crippen LogP contribution in [0.15, 0.2) is 24.3 Å². The number of primary amides is 1. The molecule has 0 aliphatic carbocycles. The van der Waals surface area contributed by atoms with Crippen molar-refractivity contribution in [1.82, 2.24) is 5.32 Å². The van der Waals surface area contributed by atoms with E-state index < -0.39 is 24.4 Å². The molecule has 0 saturated carbocycles. The topological polar surface area (TPSA) is 117 Å². The lowest BCUT2D eigenvalue weighted by atomic mass is 10.2. The third kappa shape index (κ3) is 5.88. The van der Waals surface area contributed by atoms with Crippen LogP contribution < -0.4 is 15.8 Å². The zero-order chi connectivity index (χ0) is 17.4. The molecular weight excluding hydrogens is 316 g/mol. The number of ether oxygens (including phenoxy) is 3. The van der Waals surface area contributed by atoms with Gasteiger partial charge in [-0.05, 0) is 37.1 Å². The summed E-state index contributed by atoms with van der Waals surface area (Å²) in [5, 5.41) is 2.22. The van der Waals surface area contributed by atoms with Gasteiger partial charge in [0.05, 0.1) is 18.2 Å². The highest BCUT2D eigenvalue weighted by molar-refractivity contribution is 5.92. The van der Waals surface area contributed by atoms with Crippen LogP contribution in [-0.4, -0.2) is 50.3 Å². The van der Waals surface area contributed by atoms with Crippen LogP contribution in [0.25, 0.3) is 0 Å². The van der Waals surface area contributed by atoms with Gasteiger partial charge in [-0.15, -0.1) is 0 Å². The predicted molar refractivity (Wildman–Crippen MR) is 83.4 cm³/mol. The molecule has 24 heavy (non-hydrogen) atoms. The molecule has 1 saturated heterocycles. The number of amides is 2. The van der Waals surface area contributed by atoms with Crippen molar-refractivity contribution < 1.29 is 28.6 Å². The smallest absolute Gasteiger partial charge is 0.338 e. The number of esters is 1. The van der Waals surface area contributed by atoms with E-state index in [-0.39, 0.29) is 12.6 Å². The lowest BCUT2D eigenvalue weighted by molar-refractivity contribution is -0.127. The zero-order valence-electron chi connectivity index (χ0n) is 13.2. The van der Waals surface area contributed by atoms with E-state index in [0.717, 1.165) is 19.4 Å². The molecule has 8 nitrogen and oxygen atoms in total. The number of rotatable bonds is 8. The van der Waals surface area contributed by atoms with Crippen molar-refractivity contribution in [2.45, 2.75) is 18.9 Å². The molecule has 1 heterocycles. The standard InChI is InChI=1S/C16H20N2O6/c17-14(19)8-18-15(20)10-24-16(21)11-3-5-12(6-4-11)23-9-13-2-1-7-22-13/h3-6,13H,1-2,7-10H2,(H2,17,19)(H,18,20)/t13-/m0/s1. The maximum atomic E-state index is 11.8. The number of hydrogen-bond donors (Lipinski definition) is 2. The van der Waals surface area contributed by atoms with E-state index in [4.69, 9.17) is 19.9 Å². The summed E-state index contributed by atoms with van der Waals surface area (Å²) < 4.78 is 15.9. The van der Waals surface area contributed by atoms with E-state index in [1.165, 1.54) is 0 Å². The van der Waals surface area contributed by atoms with E-state index in [9.17, 15) is 14.4 Å². The SMILES string of the molecule is NC(=O)CNC(=O)COC(=O)c1ccc(OC[C@@H]2CCCO2)cc1. The molecule has 1 aliphatic heterocycles. The van der Waals surface area contributed by atoms with Crippen LogP contribution in [0, 0.1) is 0 Å². The highest BCUT2D eigenvalue weighted by atomic mass is 16.5. The minimum atomic E-state index is -0.673. The lowest BCUT2D eigenvalue weighted by Gasteiger charge is -2.11. The van der Waals surface area contributed by atoms with Crippen LogP contribution >= 0.6 is 0 Å². The molecule has 0 aromatic heterocycles. The molecule has 3 N–H and O–H groups in total. The van der Waals surface area contributed by atoms with Crippen LogP contribution in [0.1, 0.15) is 23.2 Å². The van der Waals surface area contributed by atoms with Gasteiger partial charge in [0.1, 0.15) is 12.4 Å². The molecule has 2 rings (SSSR count). The zero-order valence-corrected chi connectivity index (χ0v) is 13.2. The molecule has 0 bridgehead atoms. The Morgan fingerprint density at radius 3 is 2.62 bits per heavy atom. The number of nitrogens with two attached hydrogens (primary N) is 1. The van der Waals surface area contributed by atoms with Gasteiger partial charge >= 0.3 is 5.97 Å². The van der Waals surface area contributed by atoms with Crippen molar-refractivity contribution in [3.63, 3.8) is 0 Å². The summed E-state index contributed by atoms with van der Waals surface area (Å²) in [6.45, 7) is 0.464. The fourth-order valence-electron chi connectivity index (χ4n) is 2.10. The van der Waals surface area contributed by atoms with Gasteiger partial charge in [-0.3, -0.25) is 9.59 Å². The Morgan fingerprint density at radius 2 is 2.00 bits per heavy atom. The van der Waals surface area contributed by atoms with Crippen LogP contribution in [0.2, 0.25) is 0 Å². The lowest BCUT2D eigenvalue weighted by Crippen LogP contribution is -2.35. The van der Waals surface area contributed by atoms with Gasteiger partial charge < -0.3 is 25.3 Å². The van der Waals surface area contributed by atoms with Crippen molar-refractivity contribution in [1.29, 1.82) is 0 Å². The Labute approximate surface area is 139 Å². The summed E-state index contributed by atoms with van der Waals surface area (Å²) in [6, 6.07) is 6.40. The van der Waals surface area contributed by atoms with E-state index >= 15 is 0 Å². The van der Waals surface area contributed by atoms with Crippen molar-refractivity contribution in [3.05, 3.63) is 29.8 Å². The van der Waals surface area contributed by atoms with E-state index in [1.807, 2.05) is 0 Å². The average Bonchev–Trinajstić information content (AvgIpc) is 3.10. The van der Waals surface area contributed by atoms with Gasteiger partial charge in [0.25, 0.3) is 5.91 Å². The predicted octanol–water partition coefficient (Wildman–Crippen LogP) is 0.00270. The largest absolute Gasteiger partial charge is 0.491 e. The molecule has 2 amide bonds. The quantitative estimate of drug-likeness (QED) is 0.646. The fourth-order valence-corrected chi connectivity index (χ4v) is 2.10. The number of carbonyl (C=O) groups excluding carboxylic acids is 3. The van der Waals surface area contributed by atoms with Gasteiger partial charge in [0.2, 0.25) is 5.91 Å². The van der Waals surface area contributed by atoms with E-state index in [1.54, 1.807) is 24.3 Å². The van der Waals surface area contributed by atoms with Gasteiger partial charge in [0, 0.05) is 6.61 Å². The summed E-state index contributed by atoms with van der Waals surface area (Å²) in [5.41, 5.74) is 5.18. The van der Waals surface area contributed by atoms with Gasteiger partial charge in [0.15, 0.2) is 6.61 Å². The van der Waals surface area contributed by atoms with Crippen LogP contribution in [0.5, 0.6) is 5.75 Å². The maximum Gasteiger partial charge on any atom is 0.338 e. The molecule has 1 fully saturated rings. The number of hydrogen-bond acceptors (Lipinski definition) is 6. The van der Waals surface area contributed by atoms with E-state index in [2.05, 4.69) is 5.32 Å². The molecule has 8 heteroatoms. The molecule has 0 unspecified atom stereocenters. The molecule has 1 aromatic carbocycles. The number of carbonyl (C=O) groups is 3. The van der Waals surface area contributed by atoms with Gasteiger partial charge in [-0.2, -0.15) is 0 Å². The molecule has 0 radical (unpaired) electrons. The third-order valence-corrected chi connectivity index (χ3v) is 3.34. The van der Waals surface area contributed by atoms with Crippen molar-refractivity contribution in [2.24, 2.45) is 5.73 Å². The highest BCUT2D eigenvalue weighted by Gasteiger charge is 2.16. The fraction of sp³-hybridized carbons (Fsp3) is 0.438. The van der Waals surface area contributed by atoms with Crippen molar-refractivity contribution >= 4 is 17.8 Å². The van der Waals surface area contributed by atoms with Crippen molar-refractivity contribution in [3.8, 4) is 5.75 Å². The first kappa shape index (κ1) is 17.7. The minimum Gasteiger partial charge on any atom is -0.491 e.